The maximum Gasteiger partial charge on any atom is 0.410 e. The molecule has 1 amide bonds. The second-order valence-corrected chi connectivity index (χ2v) is 7.15. The summed E-state index contributed by atoms with van der Waals surface area (Å²) >= 11 is 0. The number of rotatable bonds is 3. The molecule has 0 atom stereocenters. The number of carbonyl (C=O) groups is 1. The minimum absolute atomic E-state index is 0.0335. The molecule has 1 fully saturated rings. The molecule has 0 saturated carbocycles. The van der Waals surface area contributed by atoms with Gasteiger partial charge < -0.3 is 20.1 Å². The van der Waals surface area contributed by atoms with Crippen molar-refractivity contribution in [3.8, 4) is 0 Å². The van der Waals surface area contributed by atoms with Crippen molar-refractivity contribution >= 4 is 11.8 Å². The van der Waals surface area contributed by atoms with Gasteiger partial charge in [0, 0.05) is 30.4 Å². The second-order valence-electron chi connectivity index (χ2n) is 7.15. The fourth-order valence-electron chi connectivity index (χ4n) is 2.80. The highest BCUT2D eigenvalue weighted by Crippen LogP contribution is 2.23. The highest BCUT2D eigenvalue weighted by Gasteiger charge is 2.27. The summed E-state index contributed by atoms with van der Waals surface area (Å²) in [6.07, 6.45) is 1.51. The summed E-state index contributed by atoms with van der Waals surface area (Å²) < 4.78 is 5.42. The van der Waals surface area contributed by atoms with Crippen LogP contribution in [0.4, 0.5) is 10.5 Å². The van der Waals surface area contributed by atoms with Gasteiger partial charge >= 0.3 is 6.09 Å². The minimum Gasteiger partial charge on any atom is -0.444 e. The predicted molar refractivity (Wildman–Crippen MR) is 91.6 cm³/mol. The standard InChI is InChI=1S/C18H28N2O3/c1-13-6-5-7-16(15(13)12-21)19-14-8-10-20(11-9-14)17(22)23-18(2,3)4/h5-7,14,19,21H,8-12H2,1-4H3. The first-order valence-corrected chi connectivity index (χ1v) is 8.24. The zero-order valence-corrected chi connectivity index (χ0v) is 14.6. The maximum absolute atomic E-state index is 12.1. The number of aliphatic hydroxyl groups excluding tert-OH is 1. The van der Waals surface area contributed by atoms with Crippen LogP contribution in [0.5, 0.6) is 0 Å². The van der Waals surface area contributed by atoms with Crippen LogP contribution in [0.2, 0.25) is 0 Å². The summed E-state index contributed by atoms with van der Waals surface area (Å²) in [4.78, 5) is 13.8. The Balaban J connectivity index is 1.90. The number of piperidine rings is 1. The summed E-state index contributed by atoms with van der Waals surface area (Å²) in [6, 6.07) is 6.30. The molecule has 0 unspecified atom stereocenters. The summed E-state index contributed by atoms with van der Waals surface area (Å²) in [7, 11) is 0. The van der Waals surface area contributed by atoms with Gasteiger partial charge in [-0.25, -0.2) is 4.79 Å². The van der Waals surface area contributed by atoms with Crippen LogP contribution < -0.4 is 5.32 Å². The largest absolute Gasteiger partial charge is 0.444 e. The van der Waals surface area contributed by atoms with E-state index in [1.54, 1.807) is 4.90 Å². The first-order valence-electron chi connectivity index (χ1n) is 8.24. The number of amides is 1. The summed E-state index contributed by atoms with van der Waals surface area (Å²) in [5.74, 6) is 0. The third-order valence-corrected chi connectivity index (χ3v) is 4.07. The van der Waals surface area contributed by atoms with Crippen molar-refractivity contribution in [2.24, 2.45) is 0 Å². The van der Waals surface area contributed by atoms with E-state index in [0.29, 0.717) is 19.1 Å². The van der Waals surface area contributed by atoms with Crippen molar-refractivity contribution in [1.29, 1.82) is 0 Å². The van der Waals surface area contributed by atoms with E-state index >= 15 is 0 Å². The van der Waals surface area contributed by atoms with Crippen LogP contribution >= 0.6 is 0 Å². The van der Waals surface area contributed by atoms with Gasteiger partial charge in [0.1, 0.15) is 5.60 Å². The van der Waals surface area contributed by atoms with Gasteiger partial charge in [-0.05, 0) is 52.2 Å². The molecule has 5 heteroatoms. The molecule has 23 heavy (non-hydrogen) atoms. The number of nitrogens with zero attached hydrogens (tertiary/aromatic N) is 1. The lowest BCUT2D eigenvalue weighted by Gasteiger charge is -2.34. The Morgan fingerprint density at radius 1 is 1.35 bits per heavy atom. The van der Waals surface area contributed by atoms with E-state index in [9.17, 15) is 9.90 Å². The highest BCUT2D eigenvalue weighted by atomic mass is 16.6. The first kappa shape index (κ1) is 17.6. The van der Waals surface area contributed by atoms with Gasteiger partial charge in [-0.15, -0.1) is 0 Å². The van der Waals surface area contributed by atoms with Crippen molar-refractivity contribution in [2.75, 3.05) is 18.4 Å². The molecule has 2 N–H and O–H groups in total. The van der Waals surface area contributed by atoms with Crippen molar-refractivity contribution in [1.82, 2.24) is 4.90 Å². The van der Waals surface area contributed by atoms with Gasteiger partial charge in [-0.1, -0.05) is 12.1 Å². The molecule has 0 spiro atoms. The van der Waals surface area contributed by atoms with Gasteiger partial charge in [-0.2, -0.15) is 0 Å². The lowest BCUT2D eigenvalue weighted by Crippen LogP contribution is -2.44. The topological polar surface area (TPSA) is 61.8 Å². The third kappa shape index (κ3) is 4.86. The van der Waals surface area contributed by atoms with Gasteiger partial charge in [-0.3, -0.25) is 0 Å². The van der Waals surface area contributed by atoms with E-state index in [-0.39, 0.29) is 12.7 Å². The molecule has 1 aromatic carbocycles. The van der Waals surface area contributed by atoms with Crippen LogP contribution in [0.15, 0.2) is 18.2 Å². The highest BCUT2D eigenvalue weighted by molar-refractivity contribution is 5.68. The first-order chi connectivity index (χ1) is 10.8. The average Bonchev–Trinajstić information content (AvgIpc) is 2.46. The van der Waals surface area contributed by atoms with Crippen molar-refractivity contribution in [2.45, 2.75) is 58.8 Å². The summed E-state index contributed by atoms with van der Waals surface area (Å²) in [6.45, 7) is 9.06. The molecule has 0 aromatic heterocycles. The molecule has 0 radical (unpaired) electrons. The van der Waals surface area contributed by atoms with Crippen LogP contribution in [0.3, 0.4) is 0 Å². The molecule has 1 aromatic rings. The minimum atomic E-state index is -0.455. The number of hydrogen-bond acceptors (Lipinski definition) is 4. The van der Waals surface area contributed by atoms with E-state index < -0.39 is 5.60 Å². The molecule has 1 saturated heterocycles. The smallest absolute Gasteiger partial charge is 0.410 e. The van der Waals surface area contributed by atoms with Crippen LogP contribution in [0.1, 0.15) is 44.7 Å². The number of likely N-dealkylation sites (tertiary alicyclic amines) is 1. The quantitative estimate of drug-likeness (QED) is 0.897. The maximum atomic E-state index is 12.1. The third-order valence-electron chi connectivity index (χ3n) is 4.07. The Morgan fingerprint density at radius 3 is 2.57 bits per heavy atom. The van der Waals surface area contributed by atoms with Gasteiger partial charge in [0.15, 0.2) is 0 Å². The molecule has 0 aliphatic carbocycles. The molecule has 5 nitrogen and oxygen atoms in total. The zero-order chi connectivity index (χ0) is 17.0. The molecule has 1 aliphatic rings. The lowest BCUT2D eigenvalue weighted by atomic mass is 10.0. The number of benzene rings is 1. The molecule has 1 aliphatic heterocycles. The van der Waals surface area contributed by atoms with Crippen molar-refractivity contribution in [3.63, 3.8) is 0 Å². The number of hydrogen-bond donors (Lipinski definition) is 2. The molecule has 128 valence electrons. The van der Waals surface area contributed by atoms with Gasteiger partial charge in [0.25, 0.3) is 0 Å². The van der Waals surface area contributed by atoms with Crippen LogP contribution in [-0.2, 0) is 11.3 Å². The molecular weight excluding hydrogens is 292 g/mol. The summed E-state index contributed by atoms with van der Waals surface area (Å²) in [5, 5.41) is 13.1. The lowest BCUT2D eigenvalue weighted by molar-refractivity contribution is 0.0210. The number of aryl methyl sites for hydroxylation is 1. The Kier molecular flexibility index (Phi) is 5.52. The molecule has 2 rings (SSSR count). The Bertz CT molecular complexity index is 544. The number of nitrogens with one attached hydrogen (secondary N) is 1. The second kappa shape index (κ2) is 7.21. The fraction of sp³-hybridized carbons (Fsp3) is 0.611. The number of aliphatic hydroxyl groups is 1. The van der Waals surface area contributed by atoms with Crippen molar-refractivity contribution < 1.29 is 14.6 Å². The zero-order valence-electron chi connectivity index (χ0n) is 14.6. The Morgan fingerprint density at radius 2 is 2.00 bits per heavy atom. The number of anilines is 1. The van der Waals surface area contributed by atoms with Gasteiger partial charge in [0.05, 0.1) is 6.61 Å². The van der Waals surface area contributed by atoms with E-state index in [4.69, 9.17) is 4.74 Å². The van der Waals surface area contributed by atoms with E-state index in [0.717, 1.165) is 29.7 Å². The van der Waals surface area contributed by atoms with Crippen LogP contribution in [0.25, 0.3) is 0 Å². The SMILES string of the molecule is Cc1cccc(NC2CCN(C(=O)OC(C)(C)C)CC2)c1CO. The number of ether oxygens (including phenoxy) is 1. The van der Waals surface area contributed by atoms with Crippen LogP contribution in [-0.4, -0.2) is 40.8 Å². The van der Waals surface area contributed by atoms with Crippen molar-refractivity contribution in [3.05, 3.63) is 29.3 Å². The Labute approximate surface area is 138 Å². The van der Waals surface area contributed by atoms with Gasteiger partial charge in [0.2, 0.25) is 0 Å². The predicted octanol–water partition coefficient (Wildman–Crippen LogP) is 3.30. The van der Waals surface area contributed by atoms with Crippen LogP contribution in [0, 0.1) is 6.92 Å². The van der Waals surface area contributed by atoms with E-state index in [1.165, 1.54) is 0 Å². The number of carbonyl (C=O) groups excluding carboxylic acids is 1. The van der Waals surface area contributed by atoms with E-state index in [2.05, 4.69) is 5.32 Å². The summed E-state index contributed by atoms with van der Waals surface area (Å²) in [5.41, 5.74) is 2.57. The molecule has 0 bridgehead atoms. The normalized spacial score (nSPS) is 16.3. The average molecular weight is 320 g/mol. The molecular formula is C18H28N2O3. The van der Waals surface area contributed by atoms with E-state index in [1.807, 2.05) is 45.9 Å². The fourth-order valence-corrected chi connectivity index (χ4v) is 2.80. The molecule has 1 heterocycles. The Hall–Kier alpha value is -1.75. The monoisotopic (exact) mass is 320 g/mol.